The van der Waals surface area contributed by atoms with E-state index in [2.05, 4.69) is 5.32 Å². The van der Waals surface area contributed by atoms with E-state index in [0.717, 1.165) is 17.7 Å². The van der Waals surface area contributed by atoms with Gasteiger partial charge in [-0.3, -0.25) is 4.79 Å². The first-order chi connectivity index (χ1) is 12.9. The van der Waals surface area contributed by atoms with E-state index < -0.39 is 15.9 Å². The Kier molecular flexibility index (Phi) is 5.74. The summed E-state index contributed by atoms with van der Waals surface area (Å²) in [6.45, 7) is 4.86. The number of halogens is 1. The molecule has 1 heterocycles. The monoisotopic (exact) mass is 408 g/mol. The SMILES string of the molecule is CCN(CC)S(=O)(=O)c1ccc(Cl)c(C(=O)Nc2ccc3c(c2)CCO3)c1. The van der Waals surface area contributed by atoms with Gasteiger partial charge in [0, 0.05) is 25.2 Å². The summed E-state index contributed by atoms with van der Waals surface area (Å²) in [5.41, 5.74) is 1.75. The van der Waals surface area contributed by atoms with Crippen LogP contribution < -0.4 is 10.1 Å². The molecule has 8 heteroatoms. The van der Waals surface area contributed by atoms with E-state index in [1.807, 2.05) is 6.07 Å². The second-order valence-electron chi connectivity index (χ2n) is 6.11. The normalized spacial score (nSPS) is 13.3. The molecule has 1 aliphatic heterocycles. The molecular weight excluding hydrogens is 388 g/mol. The third-order valence-electron chi connectivity index (χ3n) is 4.47. The quantitative estimate of drug-likeness (QED) is 0.792. The molecule has 0 aliphatic carbocycles. The van der Waals surface area contributed by atoms with Crippen LogP contribution in [0.15, 0.2) is 41.3 Å². The number of nitrogens with one attached hydrogen (secondary N) is 1. The lowest BCUT2D eigenvalue weighted by atomic mass is 10.1. The number of benzene rings is 2. The number of carbonyl (C=O) groups is 1. The number of nitrogens with zero attached hydrogens (tertiary/aromatic N) is 1. The number of ether oxygens (including phenoxy) is 1. The Morgan fingerprint density at radius 3 is 2.63 bits per heavy atom. The van der Waals surface area contributed by atoms with Crippen LogP contribution in [-0.4, -0.2) is 38.3 Å². The Morgan fingerprint density at radius 1 is 1.19 bits per heavy atom. The lowest BCUT2D eigenvalue weighted by Gasteiger charge is -2.19. The van der Waals surface area contributed by atoms with Crippen molar-refractivity contribution in [2.45, 2.75) is 25.2 Å². The van der Waals surface area contributed by atoms with Gasteiger partial charge in [-0.05, 0) is 42.0 Å². The highest BCUT2D eigenvalue weighted by Gasteiger charge is 2.24. The summed E-state index contributed by atoms with van der Waals surface area (Å²) in [7, 11) is -3.68. The molecule has 1 amide bonds. The molecule has 0 fully saturated rings. The number of amides is 1. The molecule has 0 atom stereocenters. The third kappa shape index (κ3) is 3.95. The highest BCUT2D eigenvalue weighted by molar-refractivity contribution is 7.89. The molecule has 0 aromatic heterocycles. The molecule has 0 saturated heterocycles. The largest absolute Gasteiger partial charge is 0.493 e. The average Bonchev–Trinajstić information content (AvgIpc) is 3.10. The second kappa shape index (κ2) is 7.88. The zero-order chi connectivity index (χ0) is 19.6. The first-order valence-electron chi connectivity index (χ1n) is 8.73. The topological polar surface area (TPSA) is 75.7 Å². The molecule has 0 radical (unpaired) electrons. The van der Waals surface area contributed by atoms with Crippen LogP contribution in [-0.2, 0) is 16.4 Å². The van der Waals surface area contributed by atoms with Crippen molar-refractivity contribution in [3.63, 3.8) is 0 Å². The van der Waals surface area contributed by atoms with Crippen LogP contribution in [0.5, 0.6) is 5.75 Å². The van der Waals surface area contributed by atoms with Crippen LogP contribution in [0.1, 0.15) is 29.8 Å². The van der Waals surface area contributed by atoms with Crippen molar-refractivity contribution in [2.75, 3.05) is 25.0 Å². The number of rotatable bonds is 6. The van der Waals surface area contributed by atoms with Gasteiger partial charge < -0.3 is 10.1 Å². The number of hydrogen-bond acceptors (Lipinski definition) is 4. The fraction of sp³-hybridized carbons (Fsp3) is 0.316. The molecule has 1 aliphatic rings. The predicted octanol–water partition coefficient (Wildman–Crippen LogP) is 3.56. The van der Waals surface area contributed by atoms with E-state index >= 15 is 0 Å². The number of fused-ring (bicyclic) bond motifs is 1. The summed E-state index contributed by atoms with van der Waals surface area (Å²) in [5, 5.41) is 2.97. The highest BCUT2D eigenvalue weighted by Crippen LogP contribution is 2.29. The molecule has 6 nitrogen and oxygen atoms in total. The molecule has 2 aromatic rings. The van der Waals surface area contributed by atoms with Gasteiger partial charge in [-0.25, -0.2) is 8.42 Å². The maximum absolute atomic E-state index is 12.7. The van der Waals surface area contributed by atoms with Gasteiger partial charge in [0.1, 0.15) is 5.75 Å². The van der Waals surface area contributed by atoms with Gasteiger partial charge in [-0.15, -0.1) is 0 Å². The molecular formula is C19H21ClN2O4S. The van der Waals surface area contributed by atoms with Crippen molar-refractivity contribution in [3.05, 3.63) is 52.5 Å². The van der Waals surface area contributed by atoms with Crippen LogP contribution in [0.2, 0.25) is 5.02 Å². The minimum Gasteiger partial charge on any atom is -0.493 e. The molecule has 27 heavy (non-hydrogen) atoms. The van der Waals surface area contributed by atoms with Crippen molar-refractivity contribution >= 4 is 33.2 Å². The molecule has 3 rings (SSSR count). The van der Waals surface area contributed by atoms with Crippen LogP contribution in [0, 0.1) is 0 Å². The molecule has 0 bridgehead atoms. The summed E-state index contributed by atoms with van der Waals surface area (Å²) in [6.07, 6.45) is 0.789. The molecule has 0 spiro atoms. The van der Waals surface area contributed by atoms with Crippen molar-refractivity contribution < 1.29 is 17.9 Å². The Bertz CT molecular complexity index is 972. The van der Waals surface area contributed by atoms with Crippen LogP contribution in [0.25, 0.3) is 0 Å². The van der Waals surface area contributed by atoms with Crippen LogP contribution in [0.4, 0.5) is 5.69 Å². The fourth-order valence-electron chi connectivity index (χ4n) is 3.01. The van der Waals surface area contributed by atoms with Crippen molar-refractivity contribution in [3.8, 4) is 5.75 Å². The molecule has 0 saturated carbocycles. The van der Waals surface area contributed by atoms with Crippen molar-refractivity contribution in [1.29, 1.82) is 0 Å². The Labute approximate surface area is 164 Å². The van der Waals surface area contributed by atoms with E-state index in [-0.39, 0.29) is 15.5 Å². The second-order valence-corrected chi connectivity index (χ2v) is 8.45. The maximum Gasteiger partial charge on any atom is 0.257 e. The smallest absolute Gasteiger partial charge is 0.257 e. The van der Waals surface area contributed by atoms with Gasteiger partial charge in [0.05, 0.1) is 22.1 Å². The highest BCUT2D eigenvalue weighted by atomic mass is 35.5. The average molecular weight is 409 g/mol. The molecule has 144 valence electrons. The molecule has 2 aromatic carbocycles. The number of anilines is 1. The summed E-state index contributed by atoms with van der Waals surface area (Å²) in [5.74, 6) is 0.355. The summed E-state index contributed by atoms with van der Waals surface area (Å²) < 4.78 is 32.2. The van der Waals surface area contributed by atoms with E-state index in [4.69, 9.17) is 16.3 Å². The van der Waals surface area contributed by atoms with Gasteiger partial charge in [-0.2, -0.15) is 4.31 Å². The van der Waals surface area contributed by atoms with E-state index in [1.54, 1.807) is 26.0 Å². The number of hydrogen-bond donors (Lipinski definition) is 1. The minimum absolute atomic E-state index is 0.0445. The van der Waals surface area contributed by atoms with Gasteiger partial charge in [0.2, 0.25) is 10.0 Å². The Hall–Kier alpha value is -2.09. The predicted molar refractivity (Wildman–Crippen MR) is 105 cm³/mol. The van der Waals surface area contributed by atoms with E-state index in [9.17, 15) is 13.2 Å². The summed E-state index contributed by atoms with van der Waals surface area (Å²) >= 11 is 6.16. The zero-order valence-corrected chi connectivity index (χ0v) is 16.7. The zero-order valence-electron chi connectivity index (χ0n) is 15.2. The number of sulfonamides is 1. The maximum atomic E-state index is 12.7. The van der Waals surface area contributed by atoms with Gasteiger partial charge in [-0.1, -0.05) is 25.4 Å². The van der Waals surface area contributed by atoms with Gasteiger partial charge in [0.25, 0.3) is 5.91 Å². The standard InChI is InChI=1S/C19H21ClN2O4S/c1-3-22(4-2)27(24,25)15-6-7-17(20)16(12-15)19(23)21-14-5-8-18-13(11-14)9-10-26-18/h5-8,11-12H,3-4,9-10H2,1-2H3,(H,21,23). The third-order valence-corrected chi connectivity index (χ3v) is 6.85. The first kappa shape index (κ1) is 19.7. The first-order valence-corrected chi connectivity index (χ1v) is 10.6. The summed E-state index contributed by atoms with van der Waals surface area (Å²) in [4.78, 5) is 12.7. The van der Waals surface area contributed by atoms with Crippen LogP contribution >= 0.6 is 11.6 Å². The molecule has 0 unspecified atom stereocenters. The molecule has 1 N–H and O–H groups in total. The van der Waals surface area contributed by atoms with Crippen LogP contribution in [0.3, 0.4) is 0 Å². The lowest BCUT2D eigenvalue weighted by molar-refractivity contribution is 0.102. The number of carbonyl (C=O) groups excluding carboxylic acids is 1. The Balaban J connectivity index is 1.89. The van der Waals surface area contributed by atoms with Crippen molar-refractivity contribution in [1.82, 2.24) is 4.31 Å². The fourth-order valence-corrected chi connectivity index (χ4v) is 4.70. The Morgan fingerprint density at radius 2 is 1.93 bits per heavy atom. The summed E-state index contributed by atoms with van der Waals surface area (Å²) in [6, 6.07) is 9.57. The van der Waals surface area contributed by atoms with Gasteiger partial charge in [0.15, 0.2) is 0 Å². The van der Waals surface area contributed by atoms with E-state index in [1.165, 1.54) is 22.5 Å². The van der Waals surface area contributed by atoms with Crippen molar-refractivity contribution in [2.24, 2.45) is 0 Å². The van der Waals surface area contributed by atoms with E-state index in [0.29, 0.717) is 25.4 Å². The lowest BCUT2D eigenvalue weighted by Crippen LogP contribution is -2.30. The minimum atomic E-state index is -3.68. The van der Waals surface area contributed by atoms with Gasteiger partial charge >= 0.3 is 0 Å².